The number of hydrogen-bond acceptors (Lipinski definition) is 5. The van der Waals surface area contributed by atoms with Gasteiger partial charge in [-0.1, -0.05) is 6.07 Å². The number of aryl methyl sites for hydroxylation is 1. The summed E-state index contributed by atoms with van der Waals surface area (Å²) in [6.07, 6.45) is 2.15. The van der Waals surface area contributed by atoms with Gasteiger partial charge in [0.15, 0.2) is 6.39 Å². The highest BCUT2D eigenvalue weighted by molar-refractivity contribution is 5.92. The highest BCUT2D eigenvalue weighted by atomic mass is 16.3. The summed E-state index contributed by atoms with van der Waals surface area (Å²) in [5.74, 6) is 0.227. The molecule has 0 radical (unpaired) electrons. The van der Waals surface area contributed by atoms with E-state index in [2.05, 4.69) is 4.98 Å². The van der Waals surface area contributed by atoms with E-state index >= 15 is 0 Å². The molecule has 126 valence electrons. The smallest absolute Gasteiger partial charge is 0.291 e. The van der Waals surface area contributed by atoms with Crippen molar-refractivity contribution < 1.29 is 14.3 Å². The molecule has 1 fully saturated rings. The summed E-state index contributed by atoms with van der Waals surface area (Å²) in [6, 6.07) is 4.88. The van der Waals surface area contributed by atoms with Gasteiger partial charge >= 0.3 is 0 Å². The van der Waals surface area contributed by atoms with Gasteiger partial charge in [0.25, 0.3) is 11.5 Å². The fourth-order valence-corrected chi connectivity index (χ4v) is 4.09. The van der Waals surface area contributed by atoms with Crippen molar-refractivity contribution in [1.82, 2.24) is 14.5 Å². The lowest BCUT2D eigenvalue weighted by atomic mass is 9.78. The molecule has 24 heavy (non-hydrogen) atoms. The largest absolute Gasteiger partial charge is 0.438 e. The number of hydrogen-bond donors (Lipinski definition) is 1. The number of carbonyl (C=O) groups is 1. The minimum absolute atomic E-state index is 0.0496. The van der Waals surface area contributed by atoms with Crippen LogP contribution in [0.25, 0.3) is 0 Å². The molecule has 0 aromatic carbocycles. The number of rotatable bonds is 2. The van der Waals surface area contributed by atoms with Crippen LogP contribution in [0.15, 0.2) is 33.8 Å². The summed E-state index contributed by atoms with van der Waals surface area (Å²) in [6.45, 7) is 2.67. The van der Waals surface area contributed by atoms with Crippen molar-refractivity contribution >= 4 is 5.91 Å². The van der Waals surface area contributed by atoms with Gasteiger partial charge in [0, 0.05) is 36.7 Å². The molecule has 0 saturated carbocycles. The molecule has 2 aliphatic rings. The molecule has 7 heteroatoms. The van der Waals surface area contributed by atoms with E-state index in [4.69, 9.17) is 4.42 Å². The van der Waals surface area contributed by atoms with Crippen molar-refractivity contribution in [3.05, 3.63) is 52.1 Å². The maximum Gasteiger partial charge on any atom is 0.291 e. The number of amides is 1. The van der Waals surface area contributed by atoms with E-state index in [1.165, 1.54) is 12.5 Å². The van der Waals surface area contributed by atoms with Gasteiger partial charge in [-0.3, -0.25) is 9.59 Å². The SMILES string of the molecule is Cc1ncoc1C(=O)N1C[C@H]2C[C@@H](C1)[C@H](CO)n1c2cccc1=O. The number of carbonyl (C=O) groups excluding carboxylic acids is 1. The van der Waals surface area contributed by atoms with Crippen LogP contribution in [-0.2, 0) is 0 Å². The number of aliphatic hydroxyl groups excluding tert-OH is 1. The van der Waals surface area contributed by atoms with E-state index in [1.807, 2.05) is 6.07 Å². The molecular weight excluding hydrogens is 310 g/mol. The van der Waals surface area contributed by atoms with Gasteiger partial charge in [0.1, 0.15) is 0 Å². The number of aromatic nitrogens is 2. The second-order valence-electron chi connectivity index (χ2n) is 6.58. The van der Waals surface area contributed by atoms with Crippen LogP contribution in [0.3, 0.4) is 0 Å². The first kappa shape index (κ1) is 15.1. The average Bonchev–Trinajstić information content (AvgIpc) is 3.01. The van der Waals surface area contributed by atoms with Gasteiger partial charge in [-0.25, -0.2) is 4.98 Å². The van der Waals surface area contributed by atoms with Gasteiger partial charge < -0.3 is 19.0 Å². The van der Waals surface area contributed by atoms with E-state index in [0.29, 0.717) is 18.8 Å². The maximum atomic E-state index is 12.7. The maximum absolute atomic E-state index is 12.7. The van der Waals surface area contributed by atoms with Crippen LogP contribution in [0.4, 0.5) is 0 Å². The van der Waals surface area contributed by atoms with Crippen LogP contribution in [0.5, 0.6) is 0 Å². The predicted octanol–water partition coefficient (Wildman–Crippen LogP) is 0.938. The molecular formula is C17H19N3O4. The van der Waals surface area contributed by atoms with E-state index < -0.39 is 0 Å². The first-order valence-corrected chi connectivity index (χ1v) is 8.11. The monoisotopic (exact) mass is 329 g/mol. The molecule has 0 aliphatic carbocycles. The molecule has 1 saturated heterocycles. The van der Waals surface area contributed by atoms with Crippen molar-refractivity contribution in [1.29, 1.82) is 0 Å². The lowest BCUT2D eigenvalue weighted by Gasteiger charge is -2.46. The van der Waals surface area contributed by atoms with Crippen molar-refractivity contribution in [2.75, 3.05) is 19.7 Å². The van der Waals surface area contributed by atoms with E-state index in [1.54, 1.807) is 22.5 Å². The van der Waals surface area contributed by atoms with E-state index in [-0.39, 0.29) is 41.7 Å². The van der Waals surface area contributed by atoms with Crippen molar-refractivity contribution in [2.45, 2.75) is 25.3 Å². The summed E-state index contributed by atoms with van der Waals surface area (Å²) in [5, 5.41) is 9.84. The molecule has 2 aliphatic heterocycles. The summed E-state index contributed by atoms with van der Waals surface area (Å²) < 4.78 is 6.94. The third-order valence-electron chi connectivity index (χ3n) is 5.21. The van der Waals surface area contributed by atoms with E-state index in [9.17, 15) is 14.7 Å². The molecule has 4 rings (SSSR count). The zero-order valence-electron chi connectivity index (χ0n) is 13.4. The average molecular weight is 329 g/mol. The third-order valence-corrected chi connectivity index (χ3v) is 5.21. The standard InChI is InChI=1S/C17H19N3O4/c1-10-16(24-9-18-10)17(23)19-6-11-5-12(7-19)14(8-21)20-13(11)3-2-4-15(20)22/h2-4,9,11-12,14,21H,5-8H2,1H3/t11-,12+,14+/m1/s1. The van der Waals surface area contributed by atoms with Gasteiger partial charge in [0.2, 0.25) is 5.76 Å². The normalized spacial score (nSPS) is 25.4. The van der Waals surface area contributed by atoms with Gasteiger partial charge in [0.05, 0.1) is 18.3 Å². The first-order valence-electron chi connectivity index (χ1n) is 8.11. The zero-order valence-corrected chi connectivity index (χ0v) is 13.4. The second kappa shape index (κ2) is 5.59. The van der Waals surface area contributed by atoms with Crippen LogP contribution in [0.2, 0.25) is 0 Å². The Hall–Kier alpha value is -2.41. The second-order valence-corrected chi connectivity index (χ2v) is 6.58. The number of piperidine rings is 1. The Labute approximate surface area is 138 Å². The van der Waals surface area contributed by atoms with E-state index in [0.717, 1.165) is 12.1 Å². The molecule has 2 aromatic rings. The van der Waals surface area contributed by atoms with Crippen LogP contribution >= 0.6 is 0 Å². The molecule has 7 nitrogen and oxygen atoms in total. The fraction of sp³-hybridized carbons (Fsp3) is 0.471. The van der Waals surface area contributed by atoms with Crippen molar-refractivity contribution in [3.63, 3.8) is 0 Å². The van der Waals surface area contributed by atoms with Crippen LogP contribution in [-0.4, -0.2) is 45.2 Å². The summed E-state index contributed by atoms with van der Waals surface area (Å²) in [7, 11) is 0. The Morgan fingerprint density at radius 3 is 2.96 bits per heavy atom. The number of oxazole rings is 1. The Balaban J connectivity index is 1.71. The molecule has 3 atom stereocenters. The zero-order chi connectivity index (χ0) is 16.8. The number of nitrogens with zero attached hydrogens (tertiary/aromatic N) is 3. The summed E-state index contributed by atoms with van der Waals surface area (Å²) in [5.41, 5.74) is 1.38. The summed E-state index contributed by atoms with van der Waals surface area (Å²) >= 11 is 0. The predicted molar refractivity (Wildman–Crippen MR) is 84.8 cm³/mol. The topological polar surface area (TPSA) is 88.6 Å². The highest BCUT2D eigenvalue weighted by Crippen LogP contribution is 2.41. The van der Waals surface area contributed by atoms with Crippen LogP contribution < -0.4 is 5.56 Å². The van der Waals surface area contributed by atoms with Crippen molar-refractivity contribution in [3.8, 4) is 0 Å². The quantitative estimate of drug-likeness (QED) is 0.886. The molecule has 1 N–H and O–H groups in total. The van der Waals surface area contributed by atoms with Gasteiger partial charge in [-0.2, -0.15) is 0 Å². The Kier molecular flexibility index (Phi) is 3.53. The summed E-state index contributed by atoms with van der Waals surface area (Å²) in [4.78, 5) is 30.8. The van der Waals surface area contributed by atoms with Crippen LogP contribution in [0.1, 0.15) is 40.3 Å². The van der Waals surface area contributed by atoms with Crippen LogP contribution in [0, 0.1) is 12.8 Å². The molecule has 4 heterocycles. The minimum atomic E-state index is -0.295. The fourth-order valence-electron chi connectivity index (χ4n) is 4.09. The number of fused-ring (bicyclic) bond motifs is 4. The molecule has 1 amide bonds. The first-order chi connectivity index (χ1) is 11.6. The van der Waals surface area contributed by atoms with Crippen molar-refractivity contribution in [2.24, 2.45) is 5.92 Å². The minimum Gasteiger partial charge on any atom is -0.438 e. The number of aliphatic hydroxyl groups is 1. The number of likely N-dealkylation sites (tertiary alicyclic amines) is 1. The molecule has 0 unspecified atom stereocenters. The lowest BCUT2D eigenvalue weighted by molar-refractivity contribution is 0.0412. The lowest BCUT2D eigenvalue weighted by Crippen LogP contribution is -2.51. The molecule has 0 spiro atoms. The Bertz CT molecular complexity index is 840. The third kappa shape index (κ3) is 2.19. The number of pyridine rings is 1. The highest BCUT2D eigenvalue weighted by Gasteiger charge is 2.42. The molecule has 2 bridgehead atoms. The van der Waals surface area contributed by atoms with Gasteiger partial charge in [-0.15, -0.1) is 0 Å². The Morgan fingerprint density at radius 1 is 1.42 bits per heavy atom. The Morgan fingerprint density at radius 2 is 2.25 bits per heavy atom. The van der Waals surface area contributed by atoms with Gasteiger partial charge in [-0.05, 0) is 19.4 Å². The molecule has 2 aromatic heterocycles.